The van der Waals surface area contributed by atoms with E-state index in [1.807, 2.05) is 39.8 Å². The van der Waals surface area contributed by atoms with Crippen LogP contribution in [0.5, 0.6) is 0 Å². The molecule has 0 saturated heterocycles. The molecule has 0 radical (unpaired) electrons. The van der Waals surface area contributed by atoms with Gasteiger partial charge in [-0.15, -0.1) is 11.3 Å². The van der Waals surface area contributed by atoms with Crippen LogP contribution in [0.4, 0.5) is 5.69 Å². The number of aryl methyl sites for hydroxylation is 2. The number of benzene rings is 1. The van der Waals surface area contributed by atoms with Gasteiger partial charge >= 0.3 is 0 Å². The van der Waals surface area contributed by atoms with Crippen LogP contribution in [0.1, 0.15) is 40.5 Å². The van der Waals surface area contributed by atoms with Crippen LogP contribution in [0.3, 0.4) is 0 Å². The van der Waals surface area contributed by atoms with Gasteiger partial charge in [0.15, 0.2) is 0 Å². The first-order chi connectivity index (χ1) is 14.6. The van der Waals surface area contributed by atoms with Crippen molar-refractivity contribution in [2.24, 2.45) is 7.05 Å². The molecule has 1 aromatic carbocycles. The van der Waals surface area contributed by atoms with Crippen molar-refractivity contribution in [2.45, 2.75) is 39.5 Å². The average molecular weight is 461 g/mol. The molecule has 9 heteroatoms. The lowest BCUT2D eigenvalue weighted by atomic mass is 10.2. The standard InChI is InChI=1S/C22H28N4O3S2/c1-7-26(8-2)22(27)20-15(4)23-21(30-20)18-13-19(16(5)25(18)6)31(28,29)24-17-12-10-9-11-14(17)3/h9-13,24H,7-8H2,1-6H3. The second-order valence-corrected chi connectivity index (χ2v) is 10.0. The van der Waals surface area contributed by atoms with E-state index in [0.29, 0.717) is 45.7 Å². The van der Waals surface area contributed by atoms with Gasteiger partial charge in [-0.25, -0.2) is 13.4 Å². The monoisotopic (exact) mass is 460 g/mol. The van der Waals surface area contributed by atoms with E-state index in [1.165, 1.54) is 11.3 Å². The van der Waals surface area contributed by atoms with E-state index in [4.69, 9.17) is 0 Å². The van der Waals surface area contributed by atoms with Crippen LogP contribution in [0, 0.1) is 20.8 Å². The second kappa shape index (κ2) is 8.84. The number of anilines is 1. The molecule has 0 unspecified atom stereocenters. The quantitative estimate of drug-likeness (QED) is 0.568. The fourth-order valence-corrected chi connectivity index (χ4v) is 5.90. The molecule has 0 atom stereocenters. The van der Waals surface area contributed by atoms with Gasteiger partial charge in [0, 0.05) is 25.8 Å². The number of nitrogens with one attached hydrogen (secondary N) is 1. The lowest BCUT2D eigenvalue weighted by Crippen LogP contribution is -2.30. The minimum atomic E-state index is -3.79. The van der Waals surface area contributed by atoms with Crippen LogP contribution in [0.25, 0.3) is 10.7 Å². The lowest BCUT2D eigenvalue weighted by molar-refractivity contribution is 0.0777. The lowest BCUT2D eigenvalue weighted by Gasteiger charge is -2.17. The minimum Gasteiger partial charge on any atom is -0.345 e. The first-order valence-corrected chi connectivity index (χ1v) is 12.4. The van der Waals surface area contributed by atoms with Gasteiger partial charge in [-0.3, -0.25) is 9.52 Å². The smallest absolute Gasteiger partial charge is 0.265 e. The molecule has 0 aliphatic carbocycles. The van der Waals surface area contributed by atoms with Crippen LogP contribution in [-0.2, 0) is 17.1 Å². The van der Waals surface area contributed by atoms with Gasteiger partial charge in [0.1, 0.15) is 14.8 Å². The number of nitrogens with zero attached hydrogens (tertiary/aromatic N) is 3. The molecular formula is C22H28N4O3S2. The Morgan fingerprint density at radius 1 is 1.16 bits per heavy atom. The fraction of sp³-hybridized carbons (Fsp3) is 0.364. The Morgan fingerprint density at radius 2 is 1.81 bits per heavy atom. The Morgan fingerprint density at radius 3 is 2.42 bits per heavy atom. The molecule has 0 spiro atoms. The summed E-state index contributed by atoms with van der Waals surface area (Å²) in [6.07, 6.45) is 0. The third-order valence-electron chi connectivity index (χ3n) is 5.43. The van der Waals surface area contributed by atoms with Gasteiger partial charge in [-0.05, 0) is 52.3 Å². The van der Waals surface area contributed by atoms with Crippen LogP contribution < -0.4 is 4.72 Å². The van der Waals surface area contributed by atoms with Gasteiger partial charge in [0.05, 0.1) is 17.1 Å². The third kappa shape index (κ3) is 4.38. The Balaban J connectivity index is 2.01. The van der Waals surface area contributed by atoms with Gasteiger partial charge < -0.3 is 9.47 Å². The van der Waals surface area contributed by atoms with Crippen LogP contribution in [-0.4, -0.2) is 41.9 Å². The molecule has 3 rings (SSSR count). The normalized spacial score (nSPS) is 11.5. The first kappa shape index (κ1) is 23.0. The molecule has 0 aliphatic heterocycles. The van der Waals surface area contributed by atoms with E-state index in [1.54, 1.807) is 41.6 Å². The molecule has 7 nitrogen and oxygen atoms in total. The number of hydrogen-bond acceptors (Lipinski definition) is 5. The molecule has 31 heavy (non-hydrogen) atoms. The van der Waals surface area contributed by atoms with Crippen LogP contribution in [0.2, 0.25) is 0 Å². The zero-order valence-corrected chi connectivity index (χ0v) is 20.3. The highest BCUT2D eigenvalue weighted by Crippen LogP contribution is 2.33. The summed E-state index contributed by atoms with van der Waals surface area (Å²) in [5, 5.41) is 0.621. The molecule has 1 amide bonds. The van der Waals surface area contributed by atoms with Crippen LogP contribution in [0.15, 0.2) is 35.2 Å². The highest BCUT2D eigenvalue weighted by atomic mass is 32.2. The van der Waals surface area contributed by atoms with Crippen molar-refractivity contribution < 1.29 is 13.2 Å². The number of carbonyl (C=O) groups excluding carboxylic acids is 1. The summed E-state index contributed by atoms with van der Waals surface area (Å²) in [7, 11) is -1.98. The number of hydrogen-bond donors (Lipinski definition) is 1. The number of sulfonamides is 1. The minimum absolute atomic E-state index is 0.0498. The van der Waals surface area contributed by atoms with Gasteiger partial charge in [-0.1, -0.05) is 18.2 Å². The molecule has 2 aromatic heterocycles. The Kier molecular flexibility index (Phi) is 6.56. The van der Waals surface area contributed by atoms with E-state index in [0.717, 1.165) is 5.56 Å². The van der Waals surface area contributed by atoms with E-state index < -0.39 is 10.0 Å². The van der Waals surface area contributed by atoms with E-state index in [9.17, 15) is 13.2 Å². The summed E-state index contributed by atoms with van der Waals surface area (Å²) in [6.45, 7) is 10.6. The number of rotatable bonds is 7. The number of aromatic nitrogens is 2. The van der Waals surface area contributed by atoms with Crippen molar-refractivity contribution in [3.8, 4) is 10.7 Å². The highest BCUT2D eigenvalue weighted by molar-refractivity contribution is 7.92. The summed E-state index contributed by atoms with van der Waals surface area (Å²) in [4.78, 5) is 19.9. The molecule has 0 fully saturated rings. The van der Waals surface area contributed by atoms with Crippen LogP contribution >= 0.6 is 11.3 Å². The highest BCUT2D eigenvalue weighted by Gasteiger charge is 2.26. The Labute approximate surface area is 187 Å². The van der Waals surface area contributed by atoms with E-state index in [2.05, 4.69) is 9.71 Å². The summed E-state index contributed by atoms with van der Waals surface area (Å²) < 4.78 is 30.7. The average Bonchev–Trinajstić information content (AvgIpc) is 3.25. The maximum Gasteiger partial charge on any atom is 0.265 e. The third-order valence-corrected chi connectivity index (χ3v) is 8.08. The van der Waals surface area contributed by atoms with Gasteiger partial charge in [0.25, 0.3) is 15.9 Å². The molecule has 0 bridgehead atoms. The van der Waals surface area contributed by atoms with Crippen molar-refractivity contribution in [3.63, 3.8) is 0 Å². The molecule has 3 aromatic rings. The predicted molar refractivity (Wildman–Crippen MR) is 125 cm³/mol. The SMILES string of the molecule is CCN(CC)C(=O)c1sc(-c2cc(S(=O)(=O)Nc3ccccc3C)c(C)n2C)nc1C. The summed E-state index contributed by atoms with van der Waals surface area (Å²) in [5.74, 6) is -0.0498. The molecule has 2 heterocycles. The maximum atomic E-state index is 13.1. The van der Waals surface area contributed by atoms with Crippen molar-refractivity contribution in [1.82, 2.24) is 14.5 Å². The number of amides is 1. The van der Waals surface area contributed by atoms with Crippen molar-refractivity contribution in [2.75, 3.05) is 17.8 Å². The summed E-state index contributed by atoms with van der Waals surface area (Å²) in [6, 6.07) is 8.87. The summed E-state index contributed by atoms with van der Waals surface area (Å²) in [5.41, 5.74) is 3.30. The van der Waals surface area contributed by atoms with E-state index in [-0.39, 0.29) is 10.8 Å². The second-order valence-electron chi connectivity index (χ2n) is 7.37. The Bertz CT molecular complexity index is 1220. The van der Waals surface area contributed by atoms with E-state index >= 15 is 0 Å². The van der Waals surface area contributed by atoms with Gasteiger partial charge in [-0.2, -0.15) is 0 Å². The topological polar surface area (TPSA) is 84.3 Å². The number of carbonyl (C=O) groups is 1. The van der Waals surface area contributed by atoms with Crippen molar-refractivity contribution >= 4 is 33.0 Å². The first-order valence-electron chi connectivity index (χ1n) is 10.1. The molecule has 0 aliphatic rings. The Hall–Kier alpha value is -2.65. The van der Waals surface area contributed by atoms with Crippen molar-refractivity contribution in [3.05, 3.63) is 52.2 Å². The fourth-order valence-electron chi connectivity index (χ4n) is 3.39. The summed E-state index contributed by atoms with van der Waals surface area (Å²) >= 11 is 1.29. The molecule has 1 N–H and O–H groups in total. The molecular weight excluding hydrogens is 432 g/mol. The number of para-hydroxylation sites is 1. The van der Waals surface area contributed by atoms with Crippen molar-refractivity contribution in [1.29, 1.82) is 0 Å². The number of thiazole rings is 1. The largest absolute Gasteiger partial charge is 0.345 e. The zero-order chi connectivity index (χ0) is 22.9. The maximum absolute atomic E-state index is 13.1. The molecule has 0 saturated carbocycles. The zero-order valence-electron chi connectivity index (χ0n) is 18.7. The molecule has 166 valence electrons. The van der Waals surface area contributed by atoms with Gasteiger partial charge in [0.2, 0.25) is 0 Å². The predicted octanol–water partition coefficient (Wildman–Crippen LogP) is 4.36.